The van der Waals surface area contributed by atoms with E-state index < -0.39 is 6.09 Å². The van der Waals surface area contributed by atoms with E-state index in [2.05, 4.69) is 17.2 Å². The first-order valence-corrected chi connectivity index (χ1v) is 6.17. The predicted molar refractivity (Wildman–Crippen MR) is 75.0 cm³/mol. The molecular formula is C15H19NO3. The Balaban J connectivity index is 2.79. The number of aliphatic hydroxyl groups is 1. The van der Waals surface area contributed by atoms with Crippen LogP contribution in [0.2, 0.25) is 0 Å². The standard InChI is InChI=1S/C15H19NO3/c1-11(2)10-19-15(18)16-14-7-6-12(3)9-13(14)5-4-8-17/h6-7,9,11,17H,8,10H2,1-3H3,(H,16,18). The fraction of sp³-hybridized carbons (Fsp3) is 0.400. The second kappa shape index (κ2) is 7.45. The highest BCUT2D eigenvalue weighted by molar-refractivity contribution is 5.86. The van der Waals surface area contributed by atoms with Crippen LogP contribution in [0, 0.1) is 24.7 Å². The molecule has 0 saturated carbocycles. The van der Waals surface area contributed by atoms with E-state index in [-0.39, 0.29) is 12.5 Å². The lowest BCUT2D eigenvalue weighted by atomic mass is 10.1. The quantitative estimate of drug-likeness (QED) is 0.822. The van der Waals surface area contributed by atoms with E-state index in [9.17, 15) is 4.79 Å². The number of ether oxygens (including phenoxy) is 1. The van der Waals surface area contributed by atoms with Crippen LogP contribution in [0.25, 0.3) is 0 Å². The Bertz CT molecular complexity index is 498. The average Bonchev–Trinajstić information content (AvgIpc) is 2.36. The van der Waals surface area contributed by atoms with Gasteiger partial charge >= 0.3 is 6.09 Å². The summed E-state index contributed by atoms with van der Waals surface area (Å²) in [6, 6.07) is 5.50. The molecule has 1 aromatic carbocycles. The molecule has 0 radical (unpaired) electrons. The molecule has 0 aliphatic carbocycles. The topological polar surface area (TPSA) is 58.6 Å². The second-order valence-corrected chi connectivity index (χ2v) is 4.63. The molecule has 0 unspecified atom stereocenters. The number of nitrogens with one attached hydrogen (secondary N) is 1. The third-order valence-electron chi connectivity index (χ3n) is 2.26. The molecule has 2 N–H and O–H groups in total. The van der Waals surface area contributed by atoms with Gasteiger partial charge in [-0.05, 0) is 30.5 Å². The number of hydrogen-bond acceptors (Lipinski definition) is 3. The molecule has 1 amide bonds. The van der Waals surface area contributed by atoms with Gasteiger partial charge in [0.15, 0.2) is 0 Å². The molecule has 0 saturated heterocycles. The number of amides is 1. The number of hydrogen-bond donors (Lipinski definition) is 2. The number of benzene rings is 1. The van der Waals surface area contributed by atoms with E-state index in [1.54, 1.807) is 6.07 Å². The third-order valence-corrected chi connectivity index (χ3v) is 2.26. The van der Waals surface area contributed by atoms with Gasteiger partial charge < -0.3 is 9.84 Å². The Hall–Kier alpha value is -1.99. The molecule has 0 aliphatic heterocycles. The zero-order valence-electron chi connectivity index (χ0n) is 11.5. The maximum Gasteiger partial charge on any atom is 0.411 e. The molecule has 1 rings (SSSR count). The van der Waals surface area contributed by atoms with Crippen LogP contribution < -0.4 is 5.32 Å². The molecule has 4 heteroatoms. The van der Waals surface area contributed by atoms with Crippen molar-refractivity contribution < 1.29 is 14.6 Å². The van der Waals surface area contributed by atoms with Crippen molar-refractivity contribution >= 4 is 11.8 Å². The summed E-state index contributed by atoms with van der Waals surface area (Å²) in [5.41, 5.74) is 2.28. The van der Waals surface area contributed by atoms with Crippen LogP contribution in [0.1, 0.15) is 25.0 Å². The lowest BCUT2D eigenvalue weighted by molar-refractivity contribution is 0.147. The summed E-state index contributed by atoms with van der Waals surface area (Å²) in [6.45, 7) is 6.03. The van der Waals surface area contributed by atoms with Crippen LogP contribution >= 0.6 is 0 Å². The van der Waals surface area contributed by atoms with Gasteiger partial charge in [-0.15, -0.1) is 0 Å². The first-order chi connectivity index (χ1) is 9.02. The molecule has 0 heterocycles. The van der Waals surface area contributed by atoms with Crippen molar-refractivity contribution in [2.45, 2.75) is 20.8 Å². The number of carbonyl (C=O) groups is 1. The van der Waals surface area contributed by atoms with Crippen LogP contribution in [0.4, 0.5) is 10.5 Å². The van der Waals surface area contributed by atoms with E-state index in [1.165, 1.54) is 0 Å². The van der Waals surface area contributed by atoms with Crippen molar-refractivity contribution in [2.75, 3.05) is 18.5 Å². The van der Waals surface area contributed by atoms with Crippen LogP contribution in [-0.4, -0.2) is 24.4 Å². The summed E-state index contributed by atoms with van der Waals surface area (Å²) in [5, 5.41) is 11.4. The summed E-state index contributed by atoms with van der Waals surface area (Å²) in [7, 11) is 0. The zero-order chi connectivity index (χ0) is 14.3. The summed E-state index contributed by atoms with van der Waals surface area (Å²) < 4.78 is 5.05. The van der Waals surface area contributed by atoms with Crippen molar-refractivity contribution in [3.05, 3.63) is 29.3 Å². The van der Waals surface area contributed by atoms with E-state index in [0.29, 0.717) is 17.9 Å². The lowest BCUT2D eigenvalue weighted by Crippen LogP contribution is -2.17. The Morgan fingerprint density at radius 1 is 1.47 bits per heavy atom. The summed E-state index contributed by atoms with van der Waals surface area (Å²) >= 11 is 0. The minimum absolute atomic E-state index is 0.217. The molecule has 1 aromatic rings. The third kappa shape index (κ3) is 5.45. The van der Waals surface area contributed by atoms with Crippen molar-refractivity contribution in [1.82, 2.24) is 0 Å². The molecule has 0 aromatic heterocycles. The molecule has 102 valence electrons. The molecule has 19 heavy (non-hydrogen) atoms. The highest BCUT2D eigenvalue weighted by atomic mass is 16.5. The van der Waals surface area contributed by atoms with Gasteiger partial charge in [0.05, 0.1) is 12.3 Å². The van der Waals surface area contributed by atoms with Crippen LogP contribution in [0.3, 0.4) is 0 Å². The molecule has 4 nitrogen and oxygen atoms in total. The SMILES string of the molecule is Cc1ccc(NC(=O)OCC(C)C)c(C#CCO)c1. The fourth-order valence-corrected chi connectivity index (χ4v) is 1.39. The van der Waals surface area contributed by atoms with Crippen molar-refractivity contribution in [3.8, 4) is 11.8 Å². The van der Waals surface area contributed by atoms with Crippen molar-refractivity contribution in [3.63, 3.8) is 0 Å². The van der Waals surface area contributed by atoms with Gasteiger partial charge in [0, 0.05) is 5.56 Å². The summed E-state index contributed by atoms with van der Waals surface area (Å²) in [4.78, 5) is 11.6. The van der Waals surface area contributed by atoms with Gasteiger partial charge in [-0.25, -0.2) is 4.79 Å². The number of rotatable bonds is 3. The highest BCUT2D eigenvalue weighted by Gasteiger charge is 2.07. The van der Waals surface area contributed by atoms with E-state index in [4.69, 9.17) is 9.84 Å². The van der Waals surface area contributed by atoms with Gasteiger partial charge in [0.2, 0.25) is 0 Å². The van der Waals surface area contributed by atoms with E-state index >= 15 is 0 Å². The molecule has 0 bridgehead atoms. The molecule has 0 spiro atoms. The average molecular weight is 261 g/mol. The van der Waals surface area contributed by atoms with E-state index in [1.807, 2.05) is 32.9 Å². The molecule has 0 fully saturated rings. The Morgan fingerprint density at radius 2 is 2.21 bits per heavy atom. The normalized spacial score (nSPS) is 9.74. The first-order valence-electron chi connectivity index (χ1n) is 6.17. The predicted octanol–water partition coefficient (Wildman–Crippen LogP) is 2.54. The lowest BCUT2D eigenvalue weighted by Gasteiger charge is -2.10. The zero-order valence-corrected chi connectivity index (χ0v) is 11.5. The monoisotopic (exact) mass is 261 g/mol. The van der Waals surface area contributed by atoms with Crippen molar-refractivity contribution in [2.24, 2.45) is 5.92 Å². The Labute approximate surface area is 113 Å². The van der Waals surface area contributed by atoms with Crippen LogP contribution in [-0.2, 0) is 4.74 Å². The number of aryl methyl sites for hydroxylation is 1. The first kappa shape index (κ1) is 15.1. The van der Waals surface area contributed by atoms with Crippen LogP contribution in [0.15, 0.2) is 18.2 Å². The largest absolute Gasteiger partial charge is 0.449 e. The van der Waals surface area contributed by atoms with Gasteiger partial charge in [-0.2, -0.15) is 0 Å². The Morgan fingerprint density at radius 3 is 2.84 bits per heavy atom. The summed E-state index contributed by atoms with van der Waals surface area (Å²) in [6.07, 6.45) is -0.496. The number of anilines is 1. The maximum absolute atomic E-state index is 11.6. The summed E-state index contributed by atoms with van der Waals surface area (Å²) in [5.74, 6) is 5.66. The van der Waals surface area contributed by atoms with Gasteiger partial charge in [0.25, 0.3) is 0 Å². The van der Waals surface area contributed by atoms with Gasteiger partial charge in [-0.1, -0.05) is 31.8 Å². The highest BCUT2D eigenvalue weighted by Crippen LogP contribution is 2.16. The second-order valence-electron chi connectivity index (χ2n) is 4.63. The number of carbonyl (C=O) groups excluding carboxylic acids is 1. The van der Waals surface area contributed by atoms with Crippen LogP contribution in [0.5, 0.6) is 0 Å². The van der Waals surface area contributed by atoms with Gasteiger partial charge in [0.1, 0.15) is 6.61 Å². The Kier molecular flexibility index (Phi) is 5.91. The van der Waals surface area contributed by atoms with E-state index in [0.717, 1.165) is 5.56 Å². The smallest absolute Gasteiger partial charge is 0.411 e. The number of aliphatic hydroxyl groups excluding tert-OH is 1. The molecule has 0 aliphatic rings. The molecule has 0 atom stereocenters. The van der Waals surface area contributed by atoms with Crippen molar-refractivity contribution in [1.29, 1.82) is 0 Å². The minimum Gasteiger partial charge on any atom is -0.449 e. The molecular weight excluding hydrogens is 242 g/mol. The fourth-order valence-electron chi connectivity index (χ4n) is 1.39. The maximum atomic E-state index is 11.6. The minimum atomic E-state index is -0.496. The van der Waals surface area contributed by atoms with Gasteiger partial charge in [-0.3, -0.25) is 5.32 Å².